The van der Waals surface area contributed by atoms with E-state index in [2.05, 4.69) is 157 Å². The van der Waals surface area contributed by atoms with Crippen molar-refractivity contribution in [2.45, 2.75) is 104 Å². The van der Waals surface area contributed by atoms with Crippen LogP contribution in [0.5, 0.6) is 0 Å². The number of hydrogen-bond acceptors (Lipinski definition) is 0. The Bertz CT molecular complexity index is 2720. The van der Waals surface area contributed by atoms with E-state index >= 15 is 0 Å². The van der Waals surface area contributed by atoms with E-state index in [1.54, 1.807) is 0 Å². The van der Waals surface area contributed by atoms with Gasteiger partial charge in [0.1, 0.15) is 0 Å². The summed E-state index contributed by atoms with van der Waals surface area (Å²) in [5, 5.41) is 0. The Morgan fingerprint density at radius 2 is 0.443 bits per heavy atom. The van der Waals surface area contributed by atoms with Gasteiger partial charge in [-0.1, -0.05) is 187 Å². The van der Waals surface area contributed by atoms with Gasteiger partial charge in [0.2, 0.25) is 0 Å². The van der Waals surface area contributed by atoms with Gasteiger partial charge in [-0.25, -0.2) is 0 Å². The zero-order valence-electron chi connectivity index (χ0n) is 41.6. The van der Waals surface area contributed by atoms with E-state index in [9.17, 15) is 0 Å². The monoisotopic (exact) mass is 911 g/mol. The van der Waals surface area contributed by atoms with E-state index in [0.717, 1.165) is 44.9 Å². The van der Waals surface area contributed by atoms with Crippen molar-refractivity contribution < 1.29 is 0 Å². The molecule has 0 heteroatoms. The smallest absolute Gasteiger partial charge is 0.00241 e. The predicted octanol–water partition coefficient (Wildman–Crippen LogP) is 18.5. The van der Waals surface area contributed by atoms with Crippen LogP contribution in [0, 0.1) is 16.7 Å². The summed E-state index contributed by atoms with van der Waals surface area (Å²) in [5.74, 6) is 0.565. The molecule has 8 aliphatic carbocycles. The lowest BCUT2D eigenvalue weighted by molar-refractivity contribution is -0.231. The van der Waals surface area contributed by atoms with Crippen LogP contribution in [-0.4, -0.2) is 0 Å². The lowest BCUT2D eigenvalue weighted by Crippen LogP contribution is -2.73. The van der Waals surface area contributed by atoms with E-state index in [4.69, 9.17) is 0 Å². The summed E-state index contributed by atoms with van der Waals surface area (Å²) in [6.45, 7) is 43.5. The molecule has 8 saturated carbocycles. The molecule has 0 amide bonds. The van der Waals surface area contributed by atoms with Gasteiger partial charge in [0.05, 0.1) is 0 Å². The maximum Gasteiger partial charge on any atom is -0.00241 e. The summed E-state index contributed by atoms with van der Waals surface area (Å²) >= 11 is 0. The second-order valence-electron chi connectivity index (χ2n) is 23.5. The summed E-state index contributed by atoms with van der Waals surface area (Å²) in [5.41, 5.74) is 18.5. The standard InChI is InChI=1S/C70H70/c1-11-48-21-49(12-2)27-59(26-48)64-36-58-37-65(39-64,60-28-50(13-3)22-51(14-4)29-60)44-69(38-58,43-64)70-45-66(61-30-52(15-5)23-53(16-6)31-61)40-67(46-70,62-32-54(17-7)24-55(18-8)33-62)42-68(41-66,47-70)63-34-56(19-9)25-57(20-10)35-63/h11-35,58H,1-10,36-47H2. The highest BCUT2D eigenvalue weighted by molar-refractivity contribution is 5.66. The summed E-state index contributed by atoms with van der Waals surface area (Å²) < 4.78 is 0. The number of hydrogen-bond donors (Lipinski definition) is 0. The molecule has 350 valence electrons. The van der Waals surface area contributed by atoms with Crippen LogP contribution in [0.3, 0.4) is 0 Å². The molecule has 0 aliphatic heterocycles. The third-order valence-electron chi connectivity index (χ3n) is 19.6. The Kier molecular flexibility index (Phi) is 10.7. The van der Waals surface area contributed by atoms with Gasteiger partial charge in [0, 0.05) is 0 Å². The summed E-state index contributed by atoms with van der Waals surface area (Å²) in [4.78, 5) is 0. The first-order chi connectivity index (χ1) is 33.7. The Morgan fingerprint density at radius 3 is 0.671 bits per heavy atom. The van der Waals surface area contributed by atoms with Crippen LogP contribution < -0.4 is 0 Å². The first kappa shape index (κ1) is 45.9. The van der Waals surface area contributed by atoms with Crippen LogP contribution in [0.25, 0.3) is 60.8 Å². The van der Waals surface area contributed by atoms with Crippen LogP contribution in [0.4, 0.5) is 0 Å². The van der Waals surface area contributed by atoms with Gasteiger partial charge < -0.3 is 0 Å². The van der Waals surface area contributed by atoms with Crippen molar-refractivity contribution >= 4 is 60.8 Å². The molecule has 2 unspecified atom stereocenters. The first-order valence-corrected chi connectivity index (χ1v) is 25.8. The van der Waals surface area contributed by atoms with Crippen LogP contribution in [0.2, 0.25) is 0 Å². The maximum absolute atomic E-state index is 4.36. The average Bonchev–Trinajstić information content (AvgIpc) is 3.39. The Morgan fingerprint density at radius 1 is 0.243 bits per heavy atom. The van der Waals surface area contributed by atoms with E-state index in [0.29, 0.717) is 5.92 Å². The lowest BCUT2D eigenvalue weighted by atomic mass is 9.24. The molecule has 5 aromatic rings. The zero-order chi connectivity index (χ0) is 48.9. The minimum absolute atomic E-state index is 0.0123. The molecule has 0 N–H and O–H groups in total. The van der Waals surface area contributed by atoms with Gasteiger partial charge in [-0.15, -0.1) is 0 Å². The molecular weight excluding hydrogens is 841 g/mol. The number of rotatable bonds is 16. The van der Waals surface area contributed by atoms with Crippen molar-refractivity contribution in [1.82, 2.24) is 0 Å². The molecule has 0 nitrogen and oxygen atoms in total. The normalized spacial score (nSPS) is 31.9. The summed E-state index contributed by atoms with van der Waals surface area (Å²) in [7, 11) is 0. The minimum Gasteiger partial charge on any atom is -0.0985 e. The SMILES string of the molecule is C=Cc1cc(C=C)cc(C23CC4CC(c5cc(C=C)cc(C=C)c5)(C2)CC(C25CC6(c7cc(C=C)cc(C=C)c7)CC(c7cc(C=C)cc(C=C)c7)(CC(c7cc(C=C)cc(C=C)c7)(C6)C2)C5)(C4)C3)c1. The van der Waals surface area contributed by atoms with Gasteiger partial charge in [-0.3, -0.25) is 0 Å². The lowest BCUT2D eigenvalue weighted by Gasteiger charge is -2.79. The second kappa shape index (κ2) is 16.3. The molecule has 13 rings (SSSR count). The zero-order valence-corrected chi connectivity index (χ0v) is 41.6. The molecule has 8 aliphatic rings. The van der Waals surface area contributed by atoms with Gasteiger partial charge >= 0.3 is 0 Å². The van der Waals surface area contributed by atoms with E-state index in [-0.39, 0.29) is 37.9 Å². The van der Waals surface area contributed by atoms with Crippen molar-refractivity contribution in [3.8, 4) is 0 Å². The topological polar surface area (TPSA) is 0 Å². The third kappa shape index (κ3) is 6.83. The first-order valence-electron chi connectivity index (χ1n) is 25.8. The quantitative estimate of drug-likeness (QED) is 0.0925. The molecule has 0 heterocycles. The van der Waals surface area contributed by atoms with Gasteiger partial charge in [-0.05, 0) is 235 Å². The average molecular weight is 911 g/mol. The molecule has 8 bridgehead atoms. The van der Waals surface area contributed by atoms with Crippen LogP contribution in [0.1, 0.15) is 161 Å². The molecule has 2 atom stereocenters. The Balaban J connectivity index is 1.25. The molecule has 70 heavy (non-hydrogen) atoms. The molecule has 0 radical (unpaired) electrons. The fourth-order valence-corrected chi connectivity index (χ4v) is 17.9. The fourth-order valence-electron chi connectivity index (χ4n) is 17.9. The highest BCUT2D eigenvalue weighted by atomic mass is 14.8. The molecule has 0 aromatic heterocycles. The van der Waals surface area contributed by atoms with Gasteiger partial charge in [-0.2, -0.15) is 0 Å². The van der Waals surface area contributed by atoms with Crippen molar-refractivity contribution in [2.24, 2.45) is 16.7 Å². The highest BCUT2D eigenvalue weighted by Crippen LogP contribution is 2.84. The predicted molar refractivity (Wildman–Crippen MR) is 305 cm³/mol. The molecular formula is C70H70. The van der Waals surface area contributed by atoms with Crippen molar-refractivity contribution in [1.29, 1.82) is 0 Å². The summed E-state index contributed by atoms with van der Waals surface area (Å²) in [6, 6.07) is 36.3. The molecule has 8 fully saturated rings. The van der Waals surface area contributed by atoms with Crippen LogP contribution in [0.15, 0.2) is 157 Å². The largest absolute Gasteiger partial charge is 0.0985 e. The van der Waals surface area contributed by atoms with E-state index in [1.165, 1.54) is 116 Å². The fraction of sp³-hybridized carbons (Fsp3) is 0.286. The van der Waals surface area contributed by atoms with Gasteiger partial charge in [0.25, 0.3) is 0 Å². The van der Waals surface area contributed by atoms with Gasteiger partial charge in [0.15, 0.2) is 0 Å². The van der Waals surface area contributed by atoms with E-state index < -0.39 is 0 Å². The van der Waals surface area contributed by atoms with E-state index in [1.807, 2.05) is 60.8 Å². The highest BCUT2D eigenvalue weighted by Gasteiger charge is 2.77. The van der Waals surface area contributed by atoms with Crippen molar-refractivity contribution in [3.63, 3.8) is 0 Å². The molecule has 5 aromatic carbocycles. The van der Waals surface area contributed by atoms with Crippen molar-refractivity contribution in [3.05, 3.63) is 240 Å². The van der Waals surface area contributed by atoms with Crippen molar-refractivity contribution in [2.75, 3.05) is 0 Å². The van der Waals surface area contributed by atoms with Crippen LogP contribution in [-0.2, 0) is 27.1 Å². The number of benzene rings is 5. The maximum atomic E-state index is 4.36. The Hall–Kier alpha value is -6.50. The molecule has 0 spiro atoms. The molecule has 0 saturated heterocycles. The third-order valence-corrected chi connectivity index (χ3v) is 19.6. The van der Waals surface area contributed by atoms with Crippen LogP contribution >= 0.6 is 0 Å². The second-order valence-corrected chi connectivity index (χ2v) is 23.5. The summed E-state index contributed by atoms with van der Waals surface area (Å²) in [6.07, 6.45) is 34.3. The Labute approximate surface area is 419 Å². The minimum atomic E-state index is -0.149.